The SMILES string of the molecule is CCCOCCCNc1ncc[nH]1. The van der Waals surface area contributed by atoms with Gasteiger partial charge in [0.1, 0.15) is 0 Å². The number of rotatable bonds is 7. The lowest BCUT2D eigenvalue weighted by molar-refractivity contribution is 0.134. The molecule has 2 N–H and O–H groups in total. The largest absolute Gasteiger partial charge is 0.381 e. The Morgan fingerprint density at radius 1 is 1.54 bits per heavy atom. The minimum Gasteiger partial charge on any atom is -0.381 e. The van der Waals surface area contributed by atoms with E-state index in [0.717, 1.165) is 38.5 Å². The van der Waals surface area contributed by atoms with Gasteiger partial charge in [0.15, 0.2) is 5.95 Å². The summed E-state index contributed by atoms with van der Waals surface area (Å²) in [5.41, 5.74) is 0. The molecule has 0 spiro atoms. The summed E-state index contributed by atoms with van der Waals surface area (Å²) in [5.74, 6) is 0.829. The van der Waals surface area contributed by atoms with Crippen molar-refractivity contribution in [3.8, 4) is 0 Å². The Balaban J connectivity index is 1.90. The third-order valence-electron chi connectivity index (χ3n) is 1.60. The van der Waals surface area contributed by atoms with Crippen LogP contribution in [0.1, 0.15) is 19.8 Å². The van der Waals surface area contributed by atoms with Crippen LogP contribution in [0.3, 0.4) is 0 Å². The van der Waals surface area contributed by atoms with Gasteiger partial charge in [0.25, 0.3) is 0 Å². The van der Waals surface area contributed by atoms with Gasteiger partial charge >= 0.3 is 0 Å². The standard InChI is InChI=1S/C9H17N3O/c1-2-7-13-8-3-4-10-9-11-5-6-12-9/h5-6H,2-4,7-8H2,1H3,(H2,10,11,12). The van der Waals surface area contributed by atoms with Crippen LogP contribution in [-0.2, 0) is 4.74 Å². The van der Waals surface area contributed by atoms with E-state index in [1.165, 1.54) is 0 Å². The van der Waals surface area contributed by atoms with Gasteiger partial charge < -0.3 is 15.0 Å². The molecule has 0 amide bonds. The van der Waals surface area contributed by atoms with Crippen LogP contribution in [0.4, 0.5) is 5.95 Å². The molecule has 0 aliphatic carbocycles. The zero-order valence-corrected chi connectivity index (χ0v) is 8.05. The third-order valence-corrected chi connectivity index (χ3v) is 1.60. The highest BCUT2D eigenvalue weighted by atomic mass is 16.5. The lowest BCUT2D eigenvalue weighted by Gasteiger charge is -2.03. The number of ether oxygens (including phenoxy) is 1. The molecule has 4 heteroatoms. The number of imidazole rings is 1. The fraction of sp³-hybridized carbons (Fsp3) is 0.667. The smallest absolute Gasteiger partial charge is 0.200 e. The van der Waals surface area contributed by atoms with Gasteiger partial charge in [-0.2, -0.15) is 0 Å². The number of anilines is 1. The first-order valence-electron chi connectivity index (χ1n) is 4.74. The predicted octanol–water partition coefficient (Wildman–Crippen LogP) is 1.64. The van der Waals surface area contributed by atoms with Gasteiger partial charge in [0.2, 0.25) is 0 Å². The maximum absolute atomic E-state index is 5.33. The Bertz CT molecular complexity index is 199. The molecule has 74 valence electrons. The third kappa shape index (κ3) is 4.52. The summed E-state index contributed by atoms with van der Waals surface area (Å²) in [6.45, 7) is 4.70. The molecule has 0 saturated heterocycles. The molecular weight excluding hydrogens is 166 g/mol. The molecule has 0 radical (unpaired) electrons. The fourth-order valence-corrected chi connectivity index (χ4v) is 0.989. The Kier molecular flexibility index (Phi) is 5.01. The topological polar surface area (TPSA) is 49.9 Å². The molecule has 0 fully saturated rings. The van der Waals surface area contributed by atoms with Crippen molar-refractivity contribution in [2.75, 3.05) is 25.1 Å². The fourth-order valence-electron chi connectivity index (χ4n) is 0.989. The summed E-state index contributed by atoms with van der Waals surface area (Å²) < 4.78 is 5.33. The molecule has 0 aliphatic rings. The molecule has 0 aromatic carbocycles. The number of aromatic amines is 1. The monoisotopic (exact) mass is 183 g/mol. The average molecular weight is 183 g/mol. The van der Waals surface area contributed by atoms with Crippen LogP contribution in [0.5, 0.6) is 0 Å². The van der Waals surface area contributed by atoms with E-state index in [4.69, 9.17) is 4.74 Å². The van der Waals surface area contributed by atoms with Gasteiger partial charge in [-0.15, -0.1) is 0 Å². The first kappa shape index (κ1) is 10.1. The van der Waals surface area contributed by atoms with Crippen LogP contribution in [0.15, 0.2) is 12.4 Å². The molecular formula is C9H17N3O. The van der Waals surface area contributed by atoms with E-state index >= 15 is 0 Å². The van der Waals surface area contributed by atoms with Crippen LogP contribution in [0.2, 0.25) is 0 Å². The second kappa shape index (κ2) is 6.48. The van der Waals surface area contributed by atoms with E-state index in [0.29, 0.717) is 0 Å². The maximum atomic E-state index is 5.33. The first-order valence-corrected chi connectivity index (χ1v) is 4.74. The van der Waals surface area contributed by atoms with E-state index in [2.05, 4.69) is 22.2 Å². The van der Waals surface area contributed by atoms with Crippen molar-refractivity contribution in [1.82, 2.24) is 9.97 Å². The maximum Gasteiger partial charge on any atom is 0.200 e. The van der Waals surface area contributed by atoms with Crippen molar-refractivity contribution in [2.45, 2.75) is 19.8 Å². The van der Waals surface area contributed by atoms with Crippen LogP contribution in [0, 0.1) is 0 Å². The number of nitrogens with one attached hydrogen (secondary N) is 2. The molecule has 4 nitrogen and oxygen atoms in total. The number of aromatic nitrogens is 2. The summed E-state index contributed by atoms with van der Waals surface area (Å²) in [6, 6.07) is 0. The van der Waals surface area contributed by atoms with Crippen LogP contribution in [0.25, 0.3) is 0 Å². The normalized spacial score (nSPS) is 10.2. The van der Waals surface area contributed by atoms with E-state index in [-0.39, 0.29) is 0 Å². The van der Waals surface area contributed by atoms with Crippen LogP contribution < -0.4 is 5.32 Å². The minimum atomic E-state index is 0.821. The number of H-pyrrole nitrogens is 1. The lowest BCUT2D eigenvalue weighted by atomic mass is 10.4. The summed E-state index contributed by atoms with van der Waals surface area (Å²) in [7, 11) is 0. The van der Waals surface area contributed by atoms with Gasteiger partial charge in [-0.3, -0.25) is 0 Å². The molecule has 0 unspecified atom stereocenters. The van der Waals surface area contributed by atoms with E-state index in [1.807, 2.05) is 0 Å². The average Bonchev–Trinajstić information content (AvgIpc) is 2.63. The summed E-state index contributed by atoms with van der Waals surface area (Å²) in [6.07, 6.45) is 5.64. The Morgan fingerprint density at radius 3 is 3.15 bits per heavy atom. The molecule has 0 bridgehead atoms. The molecule has 0 atom stereocenters. The van der Waals surface area contributed by atoms with Gasteiger partial charge in [-0.1, -0.05) is 6.92 Å². The van der Waals surface area contributed by atoms with Crippen molar-refractivity contribution in [3.63, 3.8) is 0 Å². The van der Waals surface area contributed by atoms with Crippen molar-refractivity contribution in [1.29, 1.82) is 0 Å². The minimum absolute atomic E-state index is 0.821. The van der Waals surface area contributed by atoms with Crippen molar-refractivity contribution < 1.29 is 4.74 Å². The zero-order valence-electron chi connectivity index (χ0n) is 8.05. The molecule has 0 aliphatic heterocycles. The second-order valence-corrected chi connectivity index (χ2v) is 2.83. The molecule has 1 heterocycles. The quantitative estimate of drug-likeness (QED) is 0.632. The van der Waals surface area contributed by atoms with Crippen LogP contribution >= 0.6 is 0 Å². The van der Waals surface area contributed by atoms with E-state index in [1.54, 1.807) is 12.4 Å². The van der Waals surface area contributed by atoms with E-state index < -0.39 is 0 Å². The van der Waals surface area contributed by atoms with Crippen molar-refractivity contribution >= 4 is 5.95 Å². The molecule has 13 heavy (non-hydrogen) atoms. The highest BCUT2D eigenvalue weighted by molar-refractivity contribution is 5.22. The molecule has 0 saturated carbocycles. The molecule has 1 aromatic rings. The van der Waals surface area contributed by atoms with Gasteiger partial charge in [0, 0.05) is 32.2 Å². The summed E-state index contributed by atoms with van der Waals surface area (Å²) in [4.78, 5) is 7.02. The Labute approximate surface area is 78.7 Å². The van der Waals surface area contributed by atoms with Crippen molar-refractivity contribution in [2.24, 2.45) is 0 Å². The van der Waals surface area contributed by atoms with Gasteiger partial charge in [-0.25, -0.2) is 4.98 Å². The summed E-state index contributed by atoms with van der Waals surface area (Å²) in [5, 5.41) is 3.15. The second-order valence-electron chi connectivity index (χ2n) is 2.83. The number of hydrogen-bond donors (Lipinski definition) is 2. The van der Waals surface area contributed by atoms with Gasteiger partial charge in [0.05, 0.1) is 0 Å². The number of nitrogens with zero attached hydrogens (tertiary/aromatic N) is 1. The van der Waals surface area contributed by atoms with Crippen molar-refractivity contribution in [3.05, 3.63) is 12.4 Å². The Hall–Kier alpha value is -1.03. The summed E-state index contributed by atoms with van der Waals surface area (Å²) >= 11 is 0. The molecule has 1 aromatic heterocycles. The Morgan fingerprint density at radius 2 is 2.46 bits per heavy atom. The highest BCUT2D eigenvalue weighted by Crippen LogP contribution is 1.94. The number of hydrogen-bond acceptors (Lipinski definition) is 3. The molecule has 1 rings (SSSR count). The van der Waals surface area contributed by atoms with E-state index in [9.17, 15) is 0 Å². The predicted molar refractivity (Wildman–Crippen MR) is 52.8 cm³/mol. The van der Waals surface area contributed by atoms with Crippen LogP contribution in [-0.4, -0.2) is 29.7 Å². The zero-order chi connectivity index (χ0) is 9.36. The first-order chi connectivity index (χ1) is 6.43. The van der Waals surface area contributed by atoms with Gasteiger partial charge in [-0.05, 0) is 12.8 Å². The highest BCUT2D eigenvalue weighted by Gasteiger charge is 1.91. The lowest BCUT2D eigenvalue weighted by Crippen LogP contribution is -2.06.